The Hall–Kier alpha value is -3.80. The summed E-state index contributed by atoms with van der Waals surface area (Å²) in [5.74, 6) is -2.36. The Balaban J connectivity index is 1.50. The molecule has 2 aliphatic rings. The van der Waals surface area contributed by atoms with Crippen molar-refractivity contribution in [1.82, 2.24) is 0 Å². The second-order valence-electron chi connectivity index (χ2n) is 7.92. The summed E-state index contributed by atoms with van der Waals surface area (Å²) >= 11 is 0. The zero-order chi connectivity index (χ0) is 25.3. The molecule has 0 aromatic heterocycles. The Kier molecular flexibility index (Phi) is 6.83. The van der Waals surface area contributed by atoms with E-state index in [1.165, 1.54) is 19.3 Å². The van der Waals surface area contributed by atoms with Crippen LogP contribution in [0.3, 0.4) is 0 Å². The average Bonchev–Trinajstić information content (AvgIpc) is 2.85. The van der Waals surface area contributed by atoms with Crippen LogP contribution in [0.4, 0.5) is 0 Å². The number of aliphatic hydroxyl groups excluding tert-OH is 2. The summed E-state index contributed by atoms with van der Waals surface area (Å²) in [6.45, 7) is -0.438. The van der Waals surface area contributed by atoms with E-state index in [9.17, 15) is 30.0 Å². The van der Waals surface area contributed by atoms with E-state index in [4.69, 9.17) is 23.7 Å². The molecule has 0 unspecified atom stereocenters. The number of phenols is 2. The Morgan fingerprint density at radius 1 is 1.09 bits per heavy atom. The maximum atomic E-state index is 12.4. The maximum Gasteiger partial charge on any atom is 0.339 e. The molecular formula is C24H24O11. The number of phenolic OH excluding ortho intramolecular Hbond substituents is 2. The number of esters is 2. The summed E-state index contributed by atoms with van der Waals surface area (Å²) < 4.78 is 26.2. The van der Waals surface area contributed by atoms with Gasteiger partial charge in [-0.15, -0.1) is 0 Å². The van der Waals surface area contributed by atoms with E-state index >= 15 is 0 Å². The maximum absolute atomic E-state index is 12.4. The van der Waals surface area contributed by atoms with Crippen LogP contribution in [0, 0.1) is 0 Å². The molecule has 35 heavy (non-hydrogen) atoms. The molecule has 5 atom stereocenters. The van der Waals surface area contributed by atoms with Crippen molar-refractivity contribution in [3.8, 4) is 23.0 Å². The Labute approximate surface area is 199 Å². The normalized spacial score (nSPS) is 25.4. The van der Waals surface area contributed by atoms with Crippen molar-refractivity contribution in [1.29, 1.82) is 0 Å². The van der Waals surface area contributed by atoms with Gasteiger partial charge in [0.2, 0.25) is 5.75 Å². The number of aromatic hydroxyl groups is 2. The van der Waals surface area contributed by atoms with Crippen LogP contribution in [0.2, 0.25) is 0 Å². The van der Waals surface area contributed by atoms with Crippen molar-refractivity contribution >= 4 is 18.0 Å². The van der Waals surface area contributed by atoms with Gasteiger partial charge in [-0.1, -0.05) is 12.1 Å². The number of carbonyl (C=O) groups excluding carboxylic acids is 2. The number of carbonyl (C=O) groups is 2. The van der Waals surface area contributed by atoms with Gasteiger partial charge in [-0.2, -0.15) is 0 Å². The molecule has 0 aliphatic carbocycles. The Morgan fingerprint density at radius 3 is 2.46 bits per heavy atom. The van der Waals surface area contributed by atoms with Gasteiger partial charge in [-0.3, -0.25) is 0 Å². The molecule has 4 rings (SSSR count). The lowest BCUT2D eigenvalue weighted by atomic mass is 9.86. The summed E-state index contributed by atoms with van der Waals surface area (Å²) in [6, 6.07) is 8.00. The highest BCUT2D eigenvalue weighted by Crippen LogP contribution is 2.49. The van der Waals surface area contributed by atoms with Crippen LogP contribution in [0.15, 0.2) is 36.4 Å². The number of hydrogen-bond donors (Lipinski definition) is 4. The highest BCUT2D eigenvalue weighted by atomic mass is 16.6. The van der Waals surface area contributed by atoms with Crippen LogP contribution in [0.25, 0.3) is 6.08 Å². The summed E-state index contributed by atoms with van der Waals surface area (Å²) in [7, 11) is 2.75. The minimum Gasteiger partial charge on any atom is -0.504 e. The van der Waals surface area contributed by atoms with E-state index in [0.717, 1.165) is 11.6 Å². The molecule has 0 bridgehead atoms. The third-order valence-electron chi connectivity index (χ3n) is 5.83. The second kappa shape index (κ2) is 9.82. The first-order chi connectivity index (χ1) is 16.7. The van der Waals surface area contributed by atoms with Crippen molar-refractivity contribution < 1.29 is 53.7 Å². The van der Waals surface area contributed by atoms with Crippen LogP contribution in [-0.4, -0.2) is 77.6 Å². The number of benzene rings is 2. The standard InChI is InChI=1S/C24H24O11/c1-31-12-6-3-11(4-7-12)5-8-16(26)33-10-15-18(27)20(29)23-22(34-15)17-13(24(30)35-23)9-14(25)21(32-2)19(17)28/h3-9,15,18,20,22-23,25,27-29H,10H2,1-2H3/b8-5+/t15-,18-,20+,22+,23-/m1/s1. The third kappa shape index (κ3) is 4.61. The zero-order valence-corrected chi connectivity index (χ0v) is 18.8. The summed E-state index contributed by atoms with van der Waals surface area (Å²) in [5.41, 5.74) is 0.453. The van der Waals surface area contributed by atoms with E-state index in [2.05, 4.69) is 0 Å². The lowest BCUT2D eigenvalue weighted by Gasteiger charge is -2.44. The molecule has 1 saturated heterocycles. The topological polar surface area (TPSA) is 161 Å². The molecule has 4 N–H and O–H groups in total. The molecule has 2 aliphatic heterocycles. The number of methoxy groups -OCH3 is 2. The first-order valence-corrected chi connectivity index (χ1v) is 10.6. The van der Waals surface area contributed by atoms with Crippen molar-refractivity contribution in [3.05, 3.63) is 53.1 Å². The Morgan fingerprint density at radius 2 is 1.80 bits per heavy atom. The fourth-order valence-electron chi connectivity index (χ4n) is 4.03. The molecular weight excluding hydrogens is 464 g/mol. The monoisotopic (exact) mass is 488 g/mol. The van der Waals surface area contributed by atoms with Gasteiger partial charge in [-0.25, -0.2) is 9.59 Å². The van der Waals surface area contributed by atoms with Crippen LogP contribution in [0.1, 0.15) is 27.6 Å². The molecule has 0 radical (unpaired) electrons. The van der Waals surface area contributed by atoms with E-state index in [0.29, 0.717) is 5.75 Å². The minimum atomic E-state index is -1.61. The van der Waals surface area contributed by atoms with Gasteiger partial charge in [0.15, 0.2) is 17.6 Å². The quantitative estimate of drug-likeness (QED) is 0.340. The molecule has 2 heterocycles. The van der Waals surface area contributed by atoms with Crippen LogP contribution in [0.5, 0.6) is 23.0 Å². The first-order valence-electron chi connectivity index (χ1n) is 10.6. The molecule has 1 fully saturated rings. The lowest BCUT2D eigenvalue weighted by molar-refractivity contribution is -0.237. The molecule has 0 spiro atoms. The fraction of sp³-hybridized carbons (Fsp3) is 0.333. The zero-order valence-electron chi connectivity index (χ0n) is 18.8. The first kappa shape index (κ1) is 24.3. The van der Waals surface area contributed by atoms with Crippen LogP contribution >= 0.6 is 0 Å². The largest absolute Gasteiger partial charge is 0.504 e. The number of rotatable bonds is 6. The second-order valence-corrected chi connectivity index (χ2v) is 7.92. The van der Waals surface area contributed by atoms with Crippen molar-refractivity contribution in [2.75, 3.05) is 20.8 Å². The van der Waals surface area contributed by atoms with E-state index < -0.39 is 60.6 Å². The number of hydrogen-bond acceptors (Lipinski definition) is 11. The fourth-order valence-corrected chi connectivity index (χ4v) is 4.03. The molecule has 11 heteroatoms. The number of aliphatic hydroxyl groups is 2. The van der Waals surface area contributed by atoms with Crippen molar-refractivity contribution in [2.45, 2.75) is 30.5 Å². The van der Waals surface area contributed by atoms with Crippen molar-refractivity contribution in [3.63, 3.8) is 0 Å². The molecule has 186 valence electrons. The smallest absolute Gasteiger partial charge is 0.339 e. The lowest BCUT2D eigenvalue weighted by Crippen LogP contribution is -2.58. The van der Waals surface area contributed by atoms with Gasteiger partial charge in [0.05, 0.1) is 19.8 Å². The van der Waals surface area contributed by atoms with Gasteiger partial charge in [0, 0.05) is 11.6 Å². The van der Waals surface area contributed by atoms with Gasteiger partial charge in [-0.05, 0) is 29.8 Å². The minimum absolute atomic E-state index is 0.0809. The van der Waals surface area contributed by atoms with E-state index in [1.54, 1.807) is 31.4 Å². The number of ether oxygens (including phenoxy) is 5. The van der Waals surface area contributed by atoms with Crippen LogP contribution < -0.4 is 9.47 Å². The van der Waals surface area contributed by atoms with Gasteiger partial charge in [0.25, 0.3) is 0 Å². The van der Waals surface area contributed by atoms with Gasteiger partial charge >= 0.3 is 11.9 Å². The van der Waals surface area contributed by atoms with Gasteiger partial charge < -0.3 is 44.1 Å². The van der Waals surface area contributed by atoms with Gasteiger partial charge in [0.1, 0.15) is 36.8 Å². The highest BCUT2D eigenvalue weighted by molar-refractivity contribution is 5.95. The SMILES string of the molecule is COc1ccc(/C=C/C(=O)OC[C@H]2O[C@H]3c4c(cc(O)c(OC)c4O)C(=O)O[C@@H]3[C@@H](O)[C@@H]2O)cc1. The van der Waals surface area contributed by atoms with E-state index in [1.807, 2.05) is 0 Å². The average molecular weight is 488 g/mol. The molecule has 11 nitrogen and oxygen atoms in total. The van der Waals surface area contributed by atoms with Crippen molar-refractivity contribution in [2.24, 2.45) is 0 Å². The third-order valence-corrected chi connectivity index (χ3v) is 5.83. The molecule has 0 amide bonds. The predicted octanol–water partition coefficient (Wildman–Crippen LogP) is 1.07. The number of fused-ring (bicyclic) bond motifs is 3. The summed E-state index contributed by atoms with van der Waals surface area (Å²) in [5, 5.41) is 41.7. The summed E-state index contributed by atoms with van der Waals surface area (Å²) in [4.78, 5) is 24.6. The Bertz CT molecular complexity index is 1140. The predicted molar refractivity (Wildman–Crippen MR) is 118 cm³/mol. The molecule has 0 saturated carbocycles. The van der Waals surface area contributed by atoms with E-state index in [-0.39, 0.29) is 16.9 Å². The molecule has 2 aromatic rings. The highest BCUT2D eigenvalue weighted by Gasteiger charge is 2.52. The summed E-state index contributed by atoms with van der Waals surface area (Å²) in [6.07, 6.45) is -4.25. The molecule has 2 aromatic carbocycles. The van der Waals surface area contributed by atoms with Crippen LogP contribution in [-0.2, 0) is 19.0 Å².